The molecule has 2 aromatic carbocycles. The molecule has 136 valence electrons. The van der Waals surface area contributed by atoms with Crippen molar-refractivity contribution < 1.29 is 32.5 Å². The minimum atomic E-state index is -2.97. The number of benzene rings is 2. The molecular formula is C18H15F2NO5. The van der Waals surface area contributed by atoms with E-state index in [1.165, 1.54) is 25.3 Å². The van der Waals surface area contributed by atoms with Crippen molar-refractivity contribution in [2.45, 2.75) is 13.2 Å². The summed E-state index contributed by atoms with van der Waals surface area (Å²) in [5, 5.41) is 8.95. The van der Waals surface area contributed by atoms with Crippen LogP contribution in [0.2, 0.25) is 0 Å². The van der Waals surface area contributed by atoms with Crippen molar-refractivity contribution in [3.63, 3.8) is 0 Å². The number of esters is 1. The summed E-state index contributed by atoms with van der Waals surface area (Å²) in [4.78, 5) is 11.8. The van der Waals surface area contributed by atoms with E-state index < -0.39 is 12.6 Å². The summed E-state index contributed by atoms with van der Waals surface area (Å²) in [5.41, 5.74) is 0.828. The number of halogens is 2. The lowest BCUT2D eigenvalue weighted by molar-refractivity contribution is -0.147. The first-order valence-electron chi connectivity index (χ1n) is 7.42. The molecule has 0 amide bonds. The van der Waals surface area contributed by atoms with Crippen LogP contribution in [0.4, 0.5) is 8.78 Å². The van der Waals surface area contributed by atoms with Crippen LogP contribution >= 0.6 is 0 Å². The molecule has 0 fully saturated rings. The topological polar surface area (TPSA) is 77.8 Å². The molecule has 8 heteroatoms. The fourth-order valence-corrected chi connectivity index (χ4v) is 2.02. The van der Waals surface area contributed by atoms with E-state index in [-0.39, 0.29) is 30.5 Å². The Morgan fingerprint density at radius 1 is 1.15 bits per heavy atom. The Morgan fingerprint density at radius 3 is 2.62 bits per heavy atom. The summed E-state index contributed by atoms with van der Waals surface area (Å²) < 4.78 is 44.2. The highest BCUT2D eigenvalue weighted by atomic mass is 19.3. The van der Waals surface area contributed by atoms with Crippen LogP contribution in [0.3, 0.4) is 0 Å². The van der Waals surface area contributed by atoms with Gasteiger partial charge in [0.1, 0.15) is 18.4 Å². The van der Waals surface area contributed by atoms with Crippen LogP contribution in [-0.2, 0) is 16.1 Å². The van der Waals surface area contributed by atoms with Gasteiger partial charge in [-0.25, -0.2) is 4.79 Å². The van der Waals surface area contributed by atoms with Gasteiger partial charge in [0, 0.05) is 0 Å². The Labute approximate surface area is 148 Å². The number of ether oxygens (including phenoxy) is 4. The quantitative estimate of drug-likeness (QED) is 0.670. The van der Waals surface area contributed by atoms with Crippen LogP contribution in [0.25, 0.3) is 0 Å². The predicted molar refractivity (Wildman–Crippen MR) is 86.1 cm³/mol. The maximum absolute atomic E-state index is 12.3. The number of hydrogen-bond donors (Lipinski definition) is 0. The minimum Gasteiger partial charge on any atom is -0.493 e. The molecule has 6 nitrogen and oxygen atoms in total. The molecule has 0 radical (unpaired) electrons. The normalized spacial score (nSPS) is 10.1. The molecule has 0 aromatic heterocycles. The van der Waals surface area contributed by atoms with Gasteiger partial charge in [0.2, 0.25) is 0 Å². The minimum absolute atomic E-state index is 0.0954. The van der Waals surface area contributed by atoms with E-state index in [9.17, 15) is 13.6 Å². The van der Waals surface area contributed by atoms with Crippen molar-refractivity contribution >= 4 is 5.97 Å². The monoisotopic (exact) mass is 363 g/mol. The zero-order valence-electron chi connectivity index (χ0n) is 13.8. The second kappa shape index (κ2) is 9.22. The van der Waals surface area contributed by atoms with E-state index in [0.29, 0.717) is 11.1 Å². The number of nitriles is 1. The molecule has 0 heterocycles. The lowest BCUT2D eigenvalue weighted by Gasteiger charge is -2.12. The highest BCUT2D eigenvalue weighted by molar-refractivity contribution is 5.71. The van der Waals surface area contributed by atoms with Crippen molar-refractivity contribution in [3.05, 3.63) is 53.6 Å². The maximum atomic E-state index is 12.3. The standard InChI is InChI=1S/C18H15F2NO5/c1-23-16-8-12(6-7-15(16)26-18(19)20)10-25-17(22)11-24-14-5-3-2-4-13(14)9-21/h2-8,18H,10-11H2,1H3. The number of hydrogen-bond acceptors (Lipinski definition) is 6. The van der Waals surface area contributed by atoms with E-state index in [0.717, 1.165) is 0 Å². The third-order valence-electron chi connectivity index (χ3n) is 3.20. The van der Waals surface area contributed by atoms with Crippen LogP contribution in [0.15, 0.2) is 42.5 Å². The number of para-hydroxylation sites is 1. The SMILES string of the molecule is COc1cc(COC(=O)COc2ccccc2C#N)ccc1OC(F)F. The van der Waals surface area contributed by atoms with Gasteiger partial charge in [0.15, 0.2) is 18.1 Å². The Morgan fingerprint density at radius 2 is 1.92 bits per heavy atom. The molecule has 0 aliphatic heterocycles. The van der Waals surface area contributed by atoms with Crippen LogP contribution < -0.4 is 14.2 Å². The van der Waals surface area contributed by atoms with Crippen molar-refractivity contribution in [1.29, 1.82) is 5.26 Å². The van der Waals surface area contributed by atoms with Gasteiger partial charge in [-0.3, -0.25) is 0 Å². The Bertz CT molecular complexity index is 804. The Hall–Kier alpha value is -3.34. The lowest BCUT2D eigenvalue weighted by Crippen LogP contribution is -2.15. The zero-order valence-corrected chi connectivity index (χ0v) is 13.8. The summed E-state index contributed by atoms with van der Waals surface area (Å²) in [6.45, 7) is -3.45. The molecule has 0 saturated heterocycles. The number of carbonyl (C=O) groups excluding carboxylic acids is 1. The van der Waals surface area contributed by atoms with Crippen LogP contribution in [0, 0.1) is 11.3 Å². The van der Waals surface area contributed by atoms with E-state index in [1.807, 2.05) is 6.07 Å². The highest BCUT2D eigenvalue weighted by Gasteiger charge is 2.12. The molecule has 0 unspecified atom stereocenters. The smallest absolute Gasteiger partial charge is 0.387 e. The second-order valence-electron chi connectivity index (χ2n) is 4.92. The molecule has 0 spiro atoms. The molecule has 0 atom stereocenters. The summed E-state index contributed by atoms with van der Waals surface area (Å²) >= 11 is 0. The second-order valence-corrected chi connectivity index (χ2v) is 4.92. The van der Waals surface area contributed by atoms with Gasteiger partial charge < -0.3 is 18.9 Å². The number of nitrogens with zero attached hydrogens (tertiary/aromatic N) is 1. The van der Waals surface area contributed by atoms with Gasteiger partial charge in [-0.2, -0.15) is 14.0 Å². The molecule has 2 rings (SSSR count). The molecule has 2 aromatic rings. The molecule has 0 aliphatic carbocycles. The van der Waals surface area contributed by atoms with Crippen molar-refractivity contribution in [2.75, 3.05) is 13.7 Å². The van der Waals surface area contributed by atoms with Gasteiger partial charge in [-0.05, 0) is 29.8 Å². The average molecular weight is 363 g/mol. The first-order chi connectivity index (χ1) is 12.5. The molecule has 0 bridgehead atoms. The zero-order chi connectivity index (χ0) is 18.9. The third-order valence-corrected chi connectivity index (χ3v) is 3.20. The first-order valence-corrected chi connectivity index (χ1v) is 7.42. The lowest BCUT2D eigenvalue weighted by atomic mass is 10.2. The summed E-state index contributed by atoms with van der Waals surface area (Å²) in [7, 11) is 1.31. The van der Waals surface area contributed by atoms with E-state index >= 15 is 0 Å². The fourth-order valence-electron chi connectivity index (χ4n) is 2.02. The Balaban J connectivity index is 1.90. The number of alkyl halides is 2. The van der Waals surface area contributed by atoms with Crippen LogP contribution in [0.1, 0.15) is 11.1 Å². The van der Waals surface area contributed by atoms with Gasteiger partial charge in [0.05, 0.1) is 12.7 Å². The van der Waals surface area contributed by atoms with E-state index in [1.54, 1.807) is 24.3 Å². The highest BCUT2D eigenvalue weighted by Crippen LogP contribution is 2.29. The average Bonchev–Trinajstić information content (AvgIpc) is 2.65. The van der Waals surface area contributed by atoms with E-state index in [4.69, 9.17) is 19.5 Å². The van der Waals surface area contributed by atoms with E-state index in [2.05, 4.69) is 4.74 Å². The summed E-state index contributed by atoms with van der Waals surface area (Å²) in [6.07, 6.45) is 0. The van der Waals surface area contributed by atoms with Crippen molar-refractivity contribution in [1.82, 2.24) is 0 Å². The van der Waals surface area contributed by atoms with Gasteiger partial charge in [-0.15, -0.1) is 0 Å². The molecule has 0 saturated carbocycles. The maximum Gasteiger partial charge on any atom is 0.387 e. The van der Waals surface area contributed by atoms with Crippen molar-refractivity contribution in [2.24, 2.45) is 0 Å². The number of methoxy groups -OCH3 is 1. The van der Waals surface area contributed by atoms with Gasteiger partial charge in [0.25, 0.3) is 0 Å². The predicted octanol–water partition coefficient (Wildman–Crippen LogP) is 3.29. The Kier molecular flexibility index (Phi) is 6.74. The fraction of sp³-hybridized carbons (Fsp3) is 0.222. The number of rotatable bonds is 8. The third kappa shape index (κ3) is 5.34. The van der Waals surface area contributed by atoms with Gasteiger partial charge >= 0.3 is 12.6 Å². The first kappa shape index (κ1) is 19.0. The van der Waals surface area contributed by atoms with Crippen molar-refractivity contribution in [3.8, 4) is 23.3 Å². The molecular weight excluding hydrogens is 348 g/mol. The largest absolute Gasteiger partial charge is 0.493 e. The summed E-state index contributed by atoms with van der Waals surface area (Å²) in [5.74, 6) is -0.390. The number of carbonyl (C=O) groups is 1. The molecule has 0 N–H and O–H groups in total. The van der Waals surface area contributed by atoms with Crippen LogP contribution in [0.5, 0.6) is 17.2 Å². The molecule has 26 heavy (non-hydrogen) atoms. The van der Waals surface area contributed by atoms with Gasteiger partial charge in [-0.1, -0.05) is 18.2 Å². The molecule has 0 aliphatic rings. The van der Waals surface area contributed by atoms with Crippen LogP contribution in [-0.4, -0.2) is 26.3 Å². The summed E-state index contributed by atoms with van der Waals surface area (Å²) in [6, 6.07) is 12.6.